The van der Waals surface area contributed by atoms with Gasteiger partial charge in [-0.25, -0.2) is 4.39 Å². The van der Waals surface area contributed by atoms with E-state index in [1.165, 1.54) is 0 Å². The van der Waals surface area contributed by atoms with E-state index in [2.05, 4.69) is 0 Å². The normalized spacial score (nSPS) is 18.0. The van der Waals surface area contributed by atoms with Crippen LogP contribution in [0.1, 0.15) is 32.1 Å². The van der Waals surface area contributed by atoms with E-state index in [-0.39, 0.29) is 18.0 Å². The molecule has 6 heteroatoms. The molecule has 2 rings (SSSR count). The van der Waals surface area contributed by atoms with E-state index in [0.29, 0.717) is 12.8 Å². The summed E-state index contributed by atoms with van der Waals surface area (Å²) in [5.41, 5.74) is -1.26. The molecule has 1 aliphatic rings. The van der Waals surface area contributed by atoms with Gasteiger partial charge >= 0.3 is 0 Å². The Hall–Kier alpha value is -1.69. The van der Waals surface area contributed by atoms with Crippen molar-refractivity contribution in [3.8, 4) is 5.75 Å². The summed E-state index contributed by atoms with van der Waals surface area (Å²) >= 11 is 0. The molecule has 0 spiro atoms. The van der Waals surface area contributed by atoms with Crippen LogP contribution in [0.15, 0.2) is 18.2 Å². The average Bonchev–Trinajstić information content (AvgIpc) is 2.37. The number of hydrogen-bond acceptors (Lipinski definition) is 4. The van der Waals surface area contributed by atoms with E-state index in [4.69, 9.17) is 4.74 Å². The molecule has 1 N–H and O–H groups in total. The van der Waals surface area contributed by atoms with Crippen LogP contribution in [-0.2, 0) is 0 Å². The highest BCUT2D eigenvalue weighted by Crippen LogP contribution is 2.29. The molecule has 0 amide bonds. The van der Waals surface area contributed by atoms with Crippen molar-refractivity contribution in [1.29, 1.82) is 0 Å². The van der Waals surface area contributed by atoms with Crippen LogP contribution in [0.4, 0.5) is 10.1 Å². The van der Waals surface area contributed by atoms with Crippen molar-refractivity contribution in [2.75, 3.05) is 6.61 Å². The van der Waals surface area contributed by atoms with Crippen molar-refractivity contribution in [1.82, 2.24) is 0 Å². The molecule has 0 saturated heterocycles. The first-order chi connectivity index (χ1) is 8.98. The number of non-ortho nitro benzene ring substituents is 1. The summed E-state index contributed by atoms with van der Waals surface area (Å²) in [5.74, 6) is -0.648. The van der Waals surface area contributed by atoms with E-state index in [9.17, 15) is 19.6 Å². The predicted molar refractivity (Wildman–Crippen MR) is 66.6 cm³/mol. The summed E-state index contributed by atoms with van der Waals surface area (Å²) in [4.78, 5) is 9.93. The van der Waals surface area contributed by atoms with Gasteiger partial charge in [-0.3, -0.25) is 10.1 Å². The molecule has 5 nitrogen and oxygen atoms in total. The number of ether oxygens (including phenoxy) is 1. The summed E-state index contributed by atoms with van der Waals surface area (Å²) in [6.45, 7) is 0.0353. The summed E-state index contributed by atoms with van der Waals surface area (Å²) < 4.78 is 18.5. The highest BCUT2D eigenvalue weighted by atomic mass is 19.1. The molecular formula is C13H16FNO4. The van der Waals surface area contributed by atoms with Gasteiger partial charge in [0, 0.05) is 6.07 Å². The maximum absolute atomic E-state index is 13.2. The van der Waals surface area contributed by atoms with Gasteiger partial charge in [-0.05, 0) is 12.8 Å². The lowest BCUT2D eigenvalue weighted by molar-refractivity contribution is -0.385. The second kappa shape index (κ2) is 5.52. The zero-order valence-electron chi connectivity index (χ0n) is 10.5. The molecule has 104 valence electrons. The van der Waals surface area contributed by atoms with Crippen LogP contribution in [0.25, 0.3) is 0 Å². The molecule has 0 radical (unpaired) electrons. The fourth-order valence-electron chi connectivity index (χ4n) is 2.31. The number of nitro groups is 1. The maximum atomic E-state index is 13.2. The van der Waals surface area contributed by atoms with Crippen molar-refractivity contribution in [3.05, 3.63) is 34.1 Å². The largest absolute Gasteiger partial charge is 0.490 e. The highest BCUT2D eigenvalue weighted by molar-refractivity contribution is 5.38. The molecule has 1 aliphatic carbocycles. The number of rotatable bonds is 4. The Morgan fingerprint density at radius 2 is 2.00 bits per heavy atom. The van der Waals surface area contributed by atoms with Crippen molar-refractivity contribution in [3.63, 3.8) is 0 Å². The molecule has 0 bridgehead atoms. The minimum absolute atomic E-state index is 0.0353. The average molecular weight is 269 g/mol. The molecule has 0 unspecified atom stereocenters. The summed E-state index contributed by atoms with van der Waals surface area (Å²) in [6.07, 6.45) is 4.24. The molecule has 1 saturated carbocycles. The third-order valence-electron chi connectivity index (χ3n) is 3.36. The fourth-order valence-corrected chi connectivity index (χ4v) is 2.31. The lowest BCUT2D eigenvalue weighted by Gasteiger charge is -2.31. The van der Waals surface area contributed by atoms with E-state index >= 15 is 0 Å². The van der Waals surface area contributed by atoms with Crippen molar-refractivity contribution in [2.45, 2.75) is 37.7 Å². The molecule has 1 aromatic rings. The van der Waals surface area contributed by atoms with Gasteiger partial charge in [0.2, 0.25) is 0 Å². The first kappa shape index (κ1) is 13.7. The number of aliphatic hydroxyl groups is 1. The minimum atomic E-state index is -0.903. The van der Waals surface area contributed by atoms with Crippen LogP contribution in [0.3, 0.4) is 0 Å². The van der Waals surface area contributed by atoms with Crippen LogP contribution in [0.2, 0.25) is 0 Å². The third-order valence-corrected chi connectivity index (χ3v) is 3.36. The Morgan fingerprint density at radius 1 is 1.32 bits per heavy atom. The molecule has 1 fully saturated rings. The third kappa shape index (κ3) is 3.64. The Labute approximate surface area is 110 Å². The Morgan fingerprint density at radius 3 is 2.63 bits per heavy atom. The van der Waals surface area contributed by atoms with E-state index < -0.39 is 16.3 Å². The second-order valence-corrected chi connectivity index (χ2v) is 4.98. The number of halogens is 1. The minimum Gasteiger partial charge on any atom is -0.490 e. The van der Waals surface area contributed by atoms with Crippen LogP contribution < -0.4 is 4.74 Å². The van der Waals surface area contributed by atoms with Gasteiger partial charge in [0.15, 0.2) is 0 Å². The zero-order valence-corrected chi connectivity index (χ0v) is 10.5. The van der Waals surface area contributed by atoms with Gasteiger partial charge in [-0.15, -0.1) is 0 Å². The zero-order chi connectivity index (χ0) is 13.9. The summed E-state index contributed by atoms with van der Waals surface area (Å²) in [6, 6.07) is 3.08. The Bertz CT molecular complexity index is 472. The molecule has 0 aliphatic heterocycles. The number of benzene rings is 1. The summed E-state index contributed by atoms with van der Waals surface area (Å²) in [7, 11) is 0. The predicted octanol–water partition coefficient (Wildman–Crippen LogP) is 2.81. The van der Waals surface area contributed by atoms with Crippen LogP contribution >= 0.6 is 0 Å². The first-order valence-corrected chi connectivity index (χ1v) is 6.29. The van der Waals surface area contributed by atoms with Gasteiger partial charge in [-0.2, -0.15) is 0 Å². The Kier molecular flexibility index (Phi) is 3.99. The van der Waals surface area contributed by atoms with Crippen LogP contribution in [0, 0.1) is 15.9 Å². The van der Waals surface area contributed by atoms with E-state index in [1.807, 2.05) is 0 Å². The number of hydrogen-bond donors (Lipinski definition) is 1. The van der Waals surface area contributed by atoms with Crippen LogP contribution in [-0.4, -0.2) is 22.2 Å². The second-order valence-electron chi connectivity index (χ2n) is 4.98. The number of nitro benzene ring substituents is 1. The monoisotopic (exact) mass is 269 g/mol. The standard InChI is InChI=1S/C13H16FNO4/c14-10-6-11(15(17)18)8-12(7-10)19-9-13(16)4-2-1-3-5-13/h6-8,16H,1-5,9H2. The number of nitrogens with zero attached hydrogens (tertiary/aromatic N) is 1. The SMILES string of the molecule is O=[N+]([O-])c1cc(F)cc(OCC2(O)CCCCC2)c1. The molecule has 0 heterocycles. The smallest absolute Gasteiger partial charge is 0.276 e. The Balaban J connectivity index is 2.04. The topological polar surface area (TPSA) is 72.6 Å². The lowest BCUT2D eigenvalue weighted by atomic mass is 9.85. The van der Waals surface area contributed by atoms with Crippen LogP contribution in [0.5, 0.6) is 5.75 Å². The van der Waals surface area contributed by atoms with Gasteiger partial charge < -0.3 is 9.84 Å². The highest BCUT2D eigenvalue weighted by Gasteiger charge is 2.30. The van der Waals surface area contributed by atoms with Gasteiger partial charge in [0.05, 0.1) is 22.7 Å². The molecular weight excluding hydrogens is 253 g/mol. The van der Waals surface area contributed by atoms with E-state index in [0.717, 1.165) is 37.5 Å². The lowest BCUT2D eigenvalue weighted by Crippen LogP contribution is -2.37. The molecule has 0 atom stereocenters. The summed E-state index contributed by atoms with van der Waals surface area (Å²) in [5, 5.41) is 20.8. The van der Waals surface area contributed by atoms with E-state index in [1.54, 1.807) is 0 Å². The first-order valence-electron chi connectivity index (χ1n) is 6.29. The van der Waals surface area contributed by atoms with Gasteiger partial charge in [-0.1, -0.05) is 19.3 Å². The van der Waals surface area contributed by atoms with Gasteiger partial charge in [0.1, 0.15) is 18.2 Å². The fraction of sp³-hybridized carbons (Fsp3) is 0.538. The van der Waals surface area contributed by atoms with Crippen molar-refractivity contribution < 1.29 is 19.2 Å². The van der Waals surface area contributed by atoms with Crippen molar-refractivity contribution >= 4 is 5.69 Å². The quantitative estimate of drug-likeness (QED) is 0.673. The molecule has 19 heavy (non-hydrogen) atoms. The maximum Gasteiger partial charge on any atom is 0.276 e. The van der Waals surface area contributed by atoms with Gasteiger partial charge in [0.25, 0.3) is 5.69 Å². The van der Waals surface area contributed by atoms with Crippen molar-refractivity contribution in [2.24, 2.45) is 0 Å². The molecule has 1 aromatic carbocycles. The molecule has 0 aromatic heterocycles.